The Balaban J connectivity index is 2.02. The third kappa shape index (κ3) is 5.17. The van der Waals surface area contributed by atoms with Gasteiger partial charge in [-0.2, -0.15) is 5.10 Å². The van der Waals surface area contributed by atoms with Crippen molar-refractivity contribution in [3.8, 4) is 0 Å². The molecule has 11 heteroatoms. The van der Waals surface area contributed by atoms with Gasteiger partial charge in [0.1, 0.15) is 0 Å². The van der Waals surface area contributed by atoms with Crippen LogP contribution in [0.4, 0.5) is 11.4 Å². The molecule has 0 aliphatic heterocycles. The highest BCUT2D eigenvalue weighted by Crippen LogP contribution is 2.24. The smallest absolute Gasteiger partial charge is 0.337 e. The molecule has 1 N–H and O–H groups in total. The Labute approximate surface area is 157 Å². The minimum Gasteiger partial charge on any atom is -0.465 e. The topological polar surface area (TPSA) is 154 Å². The van der Waals surface area contributed by atoms with Crippen molar-refractivity contribution >= 4 is 29.5 Å². The number of nitrogens with one attached hydrogen (secondary N) is 1. The molecule has 0 unspecified atom stereocenters. The van der Waals surface area contributed by atoms with E-state index in [1.165, 1.54) is 25.5 Å². The average molecular weight is 386 g/mol. The van der Waals surface area contributed by atoms with E-state index in [9.17, 15) is 29.8 Å². The van der Waals surface area contributed by atoms with Crippen molar-refractivity contribution < 1.29 is 24.2 Å². The molecule has 144 valence electrons. The SMILES string of the molecule is COC(=O)c1ccc(/C=N/NC(=O)Cc2ccc([N+](=O)[O-])cc2[N+](=O)[O-])cc1. The average Bonchev–Trinajstić information content (AvgIpc) is 2.67. The van der Waals surface area contributed by atoms with Crippen LogP contribution in [0.1, 0.15) is 21.5 Å². The second-order valence-electron chi connectivity index (χ2n) is 5.41. The first-order valence-corrected chi connectivity index (χ1v) is 7.74. The lowest BCUT2D eigenvalue weighted by Gasteiger charge is -2.03. The lowest BCUT2D eigenvalue weighted by molar-refractivity contribution is -0.394. The number of ether oxygens (including phenoxy) is 1. The summed E-state index contributed by atoms with van der Waals surface area (Å²) in [6, 6.07) is 9.26. The highest BCUT2D eigenvalue weighted by atomic mass is 16.6. The fraction of sp³-hybridized carbons (Fsp3) is 0.118. The number of hydrogen-bond acceptors (Lipinski definition) is 8. The number of rotatable bonds is 7. The number of carbonyl (C=O) groups excluding carboxylic acids is 2. The summed E-state index contributed by atoms with van der Waals surface area (Å²) >= 11 is 0. The van der Waals surface area contributed by atoms with E-state index in [2.05, 4.69) is 15.3 Å². The van der Waals surface area contributed by atoms with E-state index in [0.29, 0.717) is 11.1 Å². The normalized spacial score (nSPS) is 10.5. The molecule has 0 fully saturated rings. The number of hydrazone groups is 1. The predicted molar refractivity (Wildman–Crippen MR) is 97.0 cm³/mol. The van der Waals surface area contributed by atoms with Crippen molar-refractivity contribution in [2.75, 3.05) is 7.11 Å². The van der Waals surface area contributed by atoms with Gasteiger partial charge in [0, 0.05) is 11.6 Å². The van der Waals surface area contributed by atoms with Crippen LogP contribution in [0.15, 0.2) is 47.6 Å². The fourth-order valence-corrected chi connectivity index (χ4v) is 2.20. The summed E-state index contributed by atoms with van der Waals surface area (Å²) in [5.74, 6) is -1.12. The van der Waals surface area contributed by atoms with Crippen LogP contribution in [0.3, 0.4) is 0 Å². The van der Waals surface area contributed by atoms with E-state index in [-0.39, 0.29) is 12.0 Å². The molecular weight excluding hydrogens is 372 g/mol. The van der Waals surface area contributed by atoms with Crippen LogP contribution >= 0.6 is 0 Å². The lowest BCUT2D eigenvalue weighted by Crippen LogP contribution is -2.20. The molecule has 0 aliphatic carbocycles. The number of non-ortho nitro benzene ring substituents is 1. The Bertz CT molecular complexity index is 954. The third-order valence-corrected chi connectivity index (χ3v) is 3.56. The zero-order valence-corrected chi connectivity index (χ0v) is 14.5. The molecule has 0 saturated carbocycles. The van der Waals surface area contributed by atoms with Crippen LogP contribution in [0.2, 0.25) is 0 Å². The van der Waals surface area contributed by atoms with E-state index in [1.807, 2.05) is 0 Å². The number of nitro benzene ring substituents is 2. The number of carbonyl (C=O) groups is 2. The highest BCUT2D eigenvalue weighted by molar-refractivity contribution is 5.91. The molecule has 0 spiro atoms. The number of nitro groups is 2. The molecule has 2 aromatic carbocycles. The van der Waals surface area contributed by atoms with Gasteiger partial charge in [-0.05, 0) is 23.8 Å². The summed E-state index contributed by atoms with van der Waals surface area (Å²) in [7, 11) is 1.27. The molecule has 0 radical (unpaired) electrons. The van der Waals surface area contributed by atoms with Crippen LogP contribution in [0.5, 0.6) is 0 Å². The van der Waals surface area contributed by atoms with Crippen molar-refractivity contribution in [2.24, 2.45) is 5.10 Å². The summed E-state index contributed by atoms with van der Waals surface area (Å²) in [5.41, 5.74) is 2.22. The first kappa shape index (κ1) is 20.2. The zero-order chi connectivity index (χ0) is 20.7. The molecule has 0 bridgehead atoms. The van der Waals surface area contributed by atoms with Crippen molar-refractivity contribution in [3.05, 3.63) is 79.4 Å². The summed E-state index contributed by atoms with van der Waals surface area (Å²) in [4.78, 5) is 43.5. The standard InChI is InChI=1S/C17H14N4O7/c1-28-17(23)12-4-2-11(3-5-12)10-18-19-16(22)8-13-6-7-14(20(24)25)9-15(13)21(26)27/h2-7,9-10H,8H2,1H3,(H,19,22)/b18-10+. The van der Waals surface area contributed by atoms with Crippen LogP contribution < -0.4 is 5.43 Å². The second-order valence-corrected chi connectivity index (χ2v) is 5.41. The molecule has 0 aliphatic rings. The molecule has 28 heavy (non-hydrogen) atoms. The Morgan fingerprint density at radius 1 is 1.11 bits per heavy atom. The number of amides is 1. The molecule has 0 atom stereocenters. The summed E-state index contributed by atoms with van der Waals surface area (Å²) in [6.45, 7) is 0. The van der Waals surface area contributed by atoms with Gasteiger partial charge in [-0.25, -0.2) is 10.2 Å². The van der Waals surface area contributed by atoms with Gasteiger partial charge in [0.2, 0.25) is 5.91 Å². The Morgan fingerprint density at radius 2 is 1.79 bits per heavy atom. The Hall–Kier alpha value is -4.15. The quantitative estimate of drug-likeness (QED) is 0.330. The van der Waals surface area contributed by atoms with Crippen molar-refractivity contribution in [1.29, 1.82) is 0 Å². The second kappa shape index (κ2) is 8.98. The van der Waals surface area contributed by atoms with Crippen LogP contribution in [-0.2, 0) is 16.0 Å². The number of nitrogens with zero attached hydrogens (tertiary/aromatic N) is 3. The van der Waals surface area contributed by atoms with Crippen molar-refractivity contribution in [2.45, 2.75) is 6.42 Å². The Morgan fingerprint density at radius 3 is 2.36 bits per heavy atom. The Kier molecular flexibility index (Phi) is 6.47. The summed E-state index contributed by atoms with van der Waals surface area (Å²) in [5, 5.41) is 25.5. The molecule has 0 saturated heterocycles. The number of benzene rings is 2. The number of methoxy groups -OCH3 is 1. The van der Waals surface area contributed by atoms with Crippen LogP contribution in [0.25, 0.3) is 0 Å². The van der Waals surface area contributed by atoms with Gasteiger partial charge in [0.25, 0.3) is 11.4 Å². The molecule has 0 aromatic heterocycles. The first-order valence-electron chi connectivity index (χ1n) is 7.74. The fourth-order valence-electron chi connectivity index (χ4n) is 2.20. The maximum absolute atomic E-state index is 11.9. The molecule has 2 aromatic rings. The van der Waals surface area contributed by atoms with Gasteiger partial charge in [0.05, 0.1) is 41.2 Å². The predicted octanol–water partition coefficient (Wildman–Crippen LogP) is 1.98. The van der Waals surface area contributed by atoms with Crippen LogP contribution in [-0.4, -0.2) is 35.0 Å². The van der Waals surface area contributed by atoms with Gasteiger partial charge >= 0.3 is 5.97 Å². The molecular formula is C17H14N4O7. The maximum atomic E-state index is 11.9. The molecule has 1 amide bonds. The van der Waals surface area contributed by atoms with Gasteiger partial charge < -0.3 is 4.74 Å². The molecule has 2 rings (SSSR count). The highest BCUT2D eigenvalue weighted by Gasteiger charge is 2.20. The van der Waals surface area contributed by atoms with Gasteiger partial charge in [0.15, 0.2) is 0 Å². The number of hydrogen-bond donors (Lipinski definition) is 1. The van der Waals surface area contributed by atoms with E-state index < -0.39 is 33.1 Å². The summed E-state index contributed by atoms with van der Waals surface area (Å²) in [6.07, 6.45) is 0.941. The number of esters is 1. The maximum Gasteiger partial charge on any atom is 0.337 e. The molecule has 11 nitrogen and oxygen atoms in total. The molecule has 0 heterocycles. The summed E-state index contributed by atoms with van der Waals surface area (Å²) < 4.78 is 4.58. The van der Waals surface area contributed by atoms with E-state index >= 15 is 0 Å². The van der Waals surface area contributed by atoms with Crippen molar-refractivity contribution in [1.82, 2.24) is 5.43 Å². The third-order valence-electron chi connectivity index (χ3n) is 3.56. The van der Waals surface area contributed by atoms with Gasteiger partial charge in [-0.3, -0.25) is 25.0 Å². The van der Waals surface area contributed by atoms with Crippen LogP contribution in [0, 0.1) is 20.2 Å². The van der Waals surface area contributed by atoms with Gasteiger partial charge in [-0.15, -0.1) is 0 Å². The minimum absolute atomic E-state index is 0.0192. The van der Waals surface area contributed by atoms with E-state index in [0.717, 1.165) is 18.2 Å². The van der Waals surface area contributed by atoms with Gasteiger partial charge in [-0.1, -0.05) is 12.1 Å². The largest absolute Gasteiger partial charge is 0.465 e. The zero-order valence-electron chi connectivity index (χ0n) is 14.5. The first-order chi connectivity index (χ1) is 13.3. The van der Waals surface area contributed by atoms with E-state index in [4.69, 9.17) is 0 Å². The van der Waals surface area contributed by atoms with Crippen molar-refractivity contribution in [3.63, 3.8) is 0 Å². The monoisotopic (exact) mass is 386 g/mol. The lowest BCUT2D eigenvalue weighted by atomic mass is 10.1. The minimum atomic E-state index is -0.790. The van der Waals surface area contributed by atoms with E-state index in [1.54, 1.807) is 12.1 Å².